The maximum Gasteiger partial charge on any atom is 0.254 e. The van der Waals surface area contributed by atoms with E-state index in [9.17, 15) is 4.79 Å². The average molecular weight is 292 g/mol. The second-order valence-electron chi connectivity index (χ2n) is 5.37. The van der Waals surface area contributed by atoms with Gasteiger partial charge in [0.05, 0.1) is 18.8 Å². The van der Waals surface area contributed by atoms with Crippen LogP contribution in [0.25, 0.3) is 0 Å². The molecule has 1 aromatic heterocycles. The average Bonchev–Trinajstić information content (AvgIpc) is 2.52. The highest BCUT2D eigenvalue weighted by atomic mass is 16.5. The highest BCUT2D eigenvalue weighted by Crippen LogP contribution is 2.07. The van der Waals surface area contributed by atoms with Crippen LogP contribution in [-0.2, 0) is 4.74 Å². The van der Waals surface area contributed by atoms with E-state index in [0.29, 0.717) is 5.56 Å². The Kier molecular flexibility index (Phi) is 5.95. The van der Waals surface area contributed by atoms with Crippen molar-refractivity contribution in [3.05, 3.63) is 23.9 Å². The molecule has 0 unspecified atom stereocenters. The summed E-state index contributed by atoms with van der Waals surface area (Å²) in [7, 11) is 3.47. The number of hydrogen-bond acceptors (Lipinski definition) is 5. The van der Waals surface area contributed by atoms with Crippen molar-refractivity contribution >= 4 is 11.7 Å². The van der Waals surface area contributed by atoms with Crippen LogP contribution in [0.3, 0.4) is 0 Å². The first kappa shape index (κ1) is 15.7. The fourth-order valence-electron chi connectivity index (χ4n) is 2.23. The number of rotatable bonds is 6. The van der Waals surface area contributed by atoms with E-state index < -0.39 is 0 Å². The summed E-state index contributed by atoms with van der Waals surface area (Å²) in [5, 5.41) is 3.29. The lowest BCUT2D eigenvalue weighted by Gasteiger charge is -2.26. The van der Waals surface area contributed by atoms with Gasteiger partial charge in [0.15, 0.2) is 0 Å². The molecule has 6 nitrogen and oxygen atoms in total. The second kappa shape index (κ2) is 7.95. The zero-order valence-corrected chi connectivity index (χ0v) is 12.8. The molecule has 1 aliphatic heterocycles. The van der Waals surface area contributed by atoms with Crippen LogP contribution < -0.4 is 5.32 Å². The number of nitrogens with one attached hydrogen (secondary N) is 1. The first-order valence-corrected chi connectivity index (χ1v) is 7.38. The minimum absolute atomic E-state index is 0.0265. The van der Waals surface area contributed by atoms with Gasteiger partial charge in [0.1, 0.15) is 5.82 Å². The zero-order valence-electron chi connectivity index (χ0n) is 12.8. The molecule has 2 rings (SSSR count). The lowest BCUT2D eigenvalue weighted by atomic mass is 10.2. The van der Waals surface area contributed by atoms with Gasteiger partial charge in [-0.15, -0.1) is 0 Å². The molecule has 21 heavy (non-hydrogen) atoms. The number of carbonyl (C=O) groups excluding carboxylic acids is 1. The monoisotopic (exact) mass is 292 g/mol. The van der Waals surface area contributed by atoms with Crippen LogP contribution in [0, 0.1) is 0 Å². The molecule has 1 amide bonds. The molecule has 0 radical (unpaired) electrons. The van der Waals surface area contributed by atoms with Gasteiger partial charge in [0.25, 0.3) is 5.91 Å². The van der Waals surface area contributed by atoms with Crippen LogP contribution in [0.4, 0.5) is 5.82 Å². The molecule has 6 heteroatoms. The molecule has 0 spiro atoms. The summed E-state index contributed by atoms with van der Waals surface area (Å²) in [4.78, 5) is 20.0. The minimum atomic E-state index is -0.0265. The summed E-state index contributed by atoms with van der Waals surface area (Å²) in [6.07, 6.45) is 2.69. The van der Waals surface area contributed by atoms with E-state index in [4.69, 9.17) is 4.74 Å². The van der Waals surface area contributed by atoms with E-state index in [1.165, 1.54) is 0 Å². The fourth-order valence-corrected chi connectivity index (χ4v) is 2.23. The van der Waals surface area contributed by atoms with Crippen LogP contribution >= 0.6 is 0 Å². The van der Waals surface area contributed by atoms with Gasteiger partial charge in [-0.05, 0) is 25.1 Å². The van der Waals surface area contributed by atoms with Gasteiger partial charge >= 0.3 is 0 Å². The lowest BCUT2D eigenvalue weighted by Crippen LogP contribution is -2.37. The molecule has 0 aromatic carbocycles. The molecule has 0 aliphatic carbocycles. The van der Waals surface area contributed by atoms with E-state index in [2.05, 4.69) is 15.2 Å². The van der Waals surface area contributed by atoms with E-state index in [1.807, 2.05) is 6.07 Å². The number of pyridine rings is 1. The van der Waals surface area contributed by atoms with Crippen molar-refractivity contribution in [1.29, 1.82) is 0 Å². The Labute approximate surface area is 126 Å². The molecular formula is C15H24N4O2. The topological polar surface area (TPSA) is 57.7 Å². The first-order valence-electron chi connectivity index (χ1n) is 7.38. The van der Waals surface area contributed by atoms with Gasteiger partial charge in [-0.3, -0.25) is 9.69 Å². The van der Waals surface area contributed by atoms with Gasteiger partial charge in [-0.2, -0.15) is 0 Å². The number of carbonyl (C=O) groups is 1. The van der Waals surface area contributed by atoms with Crippen molar-refractivity contribution in [3.8, 4) is 0 Å². The molecule has 0 saturated carbocycles. The predicted molar refractivity (Wildman–Crippen MR) is 82.6 cm³/mol. The number of hydrogen-bond donors (Lipinski definition) is 1. The third-order valence-electron chi connectivity index (χ3n) is 3.48. The quantitative estimate of drug-likeness (QED) is 0.790. The number of nitrogens with zero attached hydrogens (tertiary/aromatic N) is 3. The Morgan fingerprint density at radius 1 is 1.38 bits per heavy atom. The van der Waals surface area contributed by atoms with Gasteiger partial charge in [-0.25, -0.2) is 4.98 Å². The van der Waals surface area contributed by atoms with Gasteiger partial charge in [0, 0.05) is 39.9 Å². The Balaban J connectivity index is 1.69. The predicted octanol–water partition coefficient (Wildman–Crippen LogP) is 0.918. The van der Waals surface area contributed by atoms with Gasteiger partial charge in [-0.1, -0.05) is 0 Å². The van der Waals surface area contributed by atoms with Crippen molar-refractivity contribution in [2.45, 2.75) is 6.42 Å². The summed E-state index contributed by atoms with van der Waals surface area (Å²) in [6.45, 7) is 5.70. The van der Waals surface area contributed by atoms with Crippen molar-refractivity contribution in [2.75, 3.05) is 58.8 Å². The minimum Gasteiger partial charge on any atom is -0.379 e. The number of aromatic nitrogens is 1. The number of amides is 1. The summed E-state index contributed by atoms with van der Waals surface area (Å²) in [5.41, 5.74) is 0.610. The standard InChI is InChI=1S/C15H24N4O2/c1-18(2)15(20)13-4-5-14(17-12-13)16-6-3-7-19-8-10-21-11-9-19/h4-5,12H,3,6-11H2,1-2H3,(H,16,17). The second-order valence-corrected chi connectivity index (χ2v) is 5.37. The summed E-state index contributed by atoms with van der Waals surface area (Å²) in [6, 6.07) is 3.66. The van der Waals surface area contributed by atoms with Crippen LogP contribution in [0.15, 0.2) is 18.3 Å². The number of morpholine rings is 1. The molecule has 0 atom stereocenters. The highest BCUT2D eigenvalue weighted by molar-refractivity contribution is 5.93. The lowest BCUT2D eigenvalue weighted by molar-refractivity contribution is 0.0378. The van der Waals surface area contributed by atoms with Crippen molar-refractivity contribution in [2.24, 2.45) is 0 Å². The molecular weight excluding hydrogens is 268 g/mol. The molecule has 1 aromatic rings. The van der Waals surface area contributed by atoms with Gasteiger partial charge in [0.2, 0.25) is 0 Å². The highest BCUT2D eigenvalue weighted by Gasteiger charge is 2.10. The molecule has 1 aliphatic rings. The smallest absolute Gasteiger partial charge is 0.254 e. The van der Waals surface area contributed by atoms with Crippen molar-refractivity contribution < 1.29 is 9.53 Å². The molecule has 116 valence electrons. The molecule has 0 bridgehead atoms. The Hall–Kier alpha value is -1.66. The van der Waals surface area contributed by atoms with Crippen LogP contribution in [0.5, 0.6) is 0 Å². The van der Waals surface area contributed by atoms with E-state index in [1.54, 1.807) is 31.3 Å². The van der Waals surface area contributed by atoms with Gasteiger partial charge < -0.3 is 15.0 Å². The maximum atomic E-state index is 11.7. The molecule has 2 heterocycles. The van der Waals surface area contributed by atoms with Crippen LogP contribution in [0.1, 0.15) is 16.8 Å². The number of ether oxygens (including phenoxy) is 1. The SMILES string of the molecule is CN(C)C(=O)c1ccc(NCCCN2CCOCC2)nc1. The Morgan fingerprint density at radius 2 is 2.14 bits per heavy atom. The maximum absolute atomic E-state index is 11.7. The molecule has 1 fully saturated rings. The van der Waals surface area contributed by atoms with E-state index in [-0.39, 0.29) is 5.91 Å². The normalized spacial score (nSPS) is 15.7. The summed E-state index contributed by atoms with van der Waals surface area (Å²) < 4.78 is 5.32. The van der Waals surface area contributed by atoms with Crippen molar-refractivity contribution in [1.82, 2.24) is 14.8 Å². The van der Waals surface area contributed by atoms with Crippen LogP contribution in [-0.4, -0.2) is 74.2 Å². The largest absolute Gasteiger partial charge is 0.379 e. The third kappa shape index (κ3) is 4.99. The fraction of sp³-hybridized carbons (Fsp3) is 0.600. The van der Waals surface area contributed by atoms with Crippen LogP contribution in [0.2, 0.25) is 0 Å². The summed E-state index contributed by atoms with van der Waals surface area (Å²) >= 11 is 0. The Morgan fingerprint density at radius 3 is 2.76 bits per heavy atom. The van der Waals surface area contributed by atoms with E-state index in [0.717, 1.165) is 51.6 Å². The molecule has 1 N–H and O–H groups in total. The first-order chi connectivity index (χ1) is 10.2. The summed E-state index contributed by atoms with van der Waals surface area (Å²) in [5.74, 6) is 0.786. The van der Waals surface area contributed by atoms with Crippen molar-refractivity contribution in [3.63, 3.8) is 0 Å². The number of anilines is 1. The zero-order chi connectivity index (χ0) is 15.1. The molecule has 1 saturated heterocycles. The third-order valence-corrected chi connectivity index (χ3v) is 3.48. The van der Waals surface area contributed by atoms with E-state index >= 15 is 0 Å². The Bertz CT molecular complexity index is 441.